The lowest BCUT2D eigenvalue weighted by Crippen LogP contribution is -2.33. The summed E-state index contributed by atoms with van der Waals surface area (Å²) in [5, 5.41) is 15.7. The van der Waals surface area contributed by atoms with E-state index in [1.807, 2.05) is 11.8 Å². The van der Waals surface area contributed by atoms with E-state index in [0.29, 0.717) is 23.2 Å². The summed E-state index contributed by atoms with van der Waals surface area (Å²) < 4.78 is 0. The van der Waals surface area contributed by atoms with E-state index in [2.05, 4.69) is 11.6 Å². The van der Waals surface area contributed by atoms with Gasteiger partial charge in [0.05, 0.1) is 4.92 Å². The largest absolute Gasteiger partial charge is 0.310 e. The molecule has 0 radical (unpaired) electrons. The monoisotopic (exact) mass is 314 g/mol. The lowest BCUT2D eigenvalue weighted by Gasteiger charge is -2.28. The highest BCUT2D eigenvalue weighted by Gasteiger charge is 2.21. The fourth-order valence-electron chi connectivity index (χ4n) is 2.63. The quantitative estimate of drug-likeness (QED) is 0.659. The van der Waals surface area contributed by atoms with Crippen molar-refractivity contribution in [3.8, 4) is 0 Å². The molecule has 0 atom stereocenters. The SMILES string of the molecule is CSC1CCC(NCc2cc(Cl)ccc2[N+](=O)[O-])CC1. The van der Waals surface area contributed by atoms with Gasteiger partial charge in [-0.25, -0.2) is 0 Å². The Bertz CT molecular complexity index is 476. The van der Waals surface area contributed by atoms with Gasteiger partial charge in [-0.2, -0.15) is 11.8 Å². The van der Waals surface area contributed by atoms with Crippen LogP contribution >= 0.6 is 23.4 Å². The molecule has 0 unspecified atom stereocenters. The molecule has 1 aliphatic rings. The minimum Gasteiger partial charge on any atom is -0.310 e. The second-order valence-electron chi connectivity index (χ2n) is 5.12. The zero-order valence-electron chi connectivity index (χ0n) is 11.5. The number of thioether (sulfide) groups is 1. The summed E-state index contributed by atoms with van der Waals surface area (Å²) in [7, 11) is 0. The summed E-state index contributed by atoms with van der Waals surface area (Å²) in [4.78, 5) is 10.6. The number of nitro benzene ring substituents is 1. The molecule has 0 spiro atoms. The Morgan fingerprint density at radius 3 is 2.70 bits per heavy atom. The van der Waals surface area contributed by atoms with Crippen molar-refractivity contribution in [2.24, 2.45) is 0 Å². The second-order valence-corrected chi connectivity index (χ2v) is 6.69. The van der Waals surface area contributed by atoms with E-state index in [9.17, 15) is 10.1 Å². The molecular weight excluding hydrogens is 296 g/mol. The summed E-state index contributed by atoms with van der Waals surface area (Å²) in [6.07, 6.45) is 6.88. The predicted molar refractivity (Wildman–Crippen MR) is 84.5 cm³/mol. The molecule has 20 heavy (non-hydrogen) atoms. The molecule has 4 nitrogen and oxygen atoms in total. The molecule has 1 saturated carbocycles. The van der Waals surface area contributed by atoms with Crippen LogP contribution in [-0.2, 0) is 6.54 Å². The Kier molecular flexibility index (Phi) is 5.69. The highest BCUT2D eigenvalue weighted by atomic mass is 35.5. The number of nitrogens with zero attached hydrogens (tertiary/aromatic N) is 1. The summed E-state index contributed by atoms with van der Waals surface area (Å²) >= 11 is 7.86. The molecular formula is C14H19ClN2O2S. The predicted octanol–water partition coefficient (Wildman–Crippen LogP) is 4.01. The van der Waals surface area contributed by atoms with Crippen molar-refractivity contribution >= 4 is 29.1 Å². The lowest BCUT2D eigenvalue weighted by molar-refractivity contribution is -0.385. The Morgan fingerprint density at radius 1 is 1.40 bits per heavy atom. The van der Waals surface area contributed by atoms with E-state index in [1.165, 1.54) is 18.9 Å². The third kappa shape index (κ3) is 4.11. The second kappa shape index (κ2) is 7.29. The molecule has 1 N–H and O–H groups in total. The van der Waals surface area contributed by atoms with Crippen molar-refractivity contribution in [1.29, 1.82) is 0 Å². The van der Waals surface area contributed by atoms with Gasteiger partial charge in [-0.3, -0.25) is 10.1 Å². The fraction of sp³-hybridized carbons (Fsp3) is 0.571. The van der Waals surface area contributed by atoms with Crippen LogP contribution in [0.4, 0.5) is 5.69 Å². The highest BCUT2D eigenvalue weighted by Crippen LogP contribution is 2.28. The van der Waals surface area contributed by atoms with Gasteiger partial charge in [0, 0.05) is 34.5 Å². The van der Waals surface area contributed by atoms with Gasteiger partial charge in [0.1, 0.15) is 0 Å². The Labute approximate surface area is 128 Å². The minimum atomic E-state index is -0.349. The number of benzene rings is 1. The van der Waals surface area contributed by atoms with E-state index in [4.69, 9.17) is 11.6 Å². The fourth-order valence-corrected chi connectivity index (χ4v) is 3.57. The first-order valence-electron chi connectivity index (χ1n) is 6.79. The number of hydrogen-bond acceptors (Lipinski definition) is 4. The number of halogens is 1. The van der Waals surface area contributed by atoms with Gasteiger partial charge in [-0.05, 0) is 44.1 Å². The Hall–Kier alpha value is -0.780. The first-order chi connectivity index (χ1) is 9.60. The van der Waals surface area contributed by atoms with Crippen molar-refractivity contribution in [1.82, 2.24) is 5.32 Å². The van der Waals surface area contributed by atoms with Gasteiger partial charge in [-0.1, -0.05) is 11.6 Å². The van der Waals surface area contributed by atoms with E-state index in [-0.39, 0.29) is 10.6 Å². The van der Waals surface area contributed by atoms with Gasteiger partial charge in [0.25, 0.3) is 5.69 Å². The molecule has 110 valence electrons. The van der Waals surface area contributed by atoms with Crippen LogP contribution in [0.5, 0.6) is 0 Å². The molecule has 0 saturated heterocycles. The van der Waals surface area contributed by atoms with Crippen LogP contribution in [0, 0.1) is 10.1 Å². The zero-order chi connectivity index (χ0) is 14.5. The van der Waals surface area contributed by atoms with Gasteiger partial charge in [0.15, 0.2) is 0 Å². The van der Waals surface area contributed by atoms with Crippen molar-refractivity contribution in [2.75, 3.05) is 6.26 Å². The first-order valence-corrected chi connectivity index (χ1v) is 8.45. The number of rotatable bonds is 5. The molecule has 1 fully saturated rings. The molecule has 1 aromatic carbocycles. The number of nitrogens with one attached hydrogen (secondary N) is 1. The standard InChI is InChI=1S/C14H19ClN2O2S/c1-20-13-5-3-12(4-6-13)16-9-10-8-11(15)2-7-14(10)17(18)19/h2,7-8,12-13,16H,3-6,9H2,1H3. The smallest absolute Gasteiger partial charge is 0.273 e. The van der Waals surface area contributed by atoms with Gasteiger partial charge in [0.2, 0.25) is 0 Å². The maximum atomic E-state index is 11.0. The van der Waals surface area contributed by atoms with Crippen molar-refractivity contribution in [2.45, 2.75) is 43.5 Å². The van der Waals surface area contributed by atoms with Crippen LogP contribution in [0.15, 0.2) is 18.2 Å². The van der Waals surface area contributed by atoms with E-state index < -0.39 is 0 Å². The summed E-state index contributed by atoms with van der Waals surface area (Å²) in [5.74, 6) is 0. The van der Waals surface area contributed by atoms with Crippen LogP contribution in [0.2, 0.25) is 5.02 Å². The molecule has 1 aliphatic carbocycles. The van der Waals surface area contributed by atoms with Crippen LogP contribution < -0.4 is 5.32 Å². The topological polar surface area (TPSA) is 55.2 Å². The van der Waals surface area contributed by atoms with Crippen LogP contribution in [0.1, 0.15) is 31.2 Å². The number of hydrogen-bond donors (Lipinski definition) is 1. The molecule has 1 aromatic rings. The highest BCUT2D eigenvalue weighted by molar-refractivity contribution is 7.99. The molecule has 0 amide bonds. The van der Waals surface area contributed by atoms with E-state index in [0.717, 1.165) is 18.1 Å². The molecule has 0 heterocycles. The van der Waals surface area contributed by atoms with Crippen LogP contribution in [-0.4, -0.2) is 22.5 Å². The first kappa shape index (κ1) is 15.6. The van der Waals surface area contributed by atoms with Crippen LogP contribution in [0.3, 0.4) is 0 Å². The molecule has 0 aliphatic heterocycles. The molecule has 6 heteroatoms. The summed E-state index contributed by atoms with van der Waals surface area (Å²) in [6, 6.07) is 5.17. The summed E-state index contributed by atoms with van der Waals surface area (Å²) in [6.45, 7) is 0.505. The van der Waals surface area contributed by atoms with Crippen molar-refractivity contribution in [3.63, 3.8) is 0 Å². The third-order valence-corrected chi connectivity index (χ3v) is 5.20. The van der Waals surface area contributed by atoms with E-state index >= 15 is 0 Å². The maximum Gasteiger partial charge on any atom is 0.273 e. The summed E-state index contributed by atoms with van der Waals surface area (Å²) in [5.41, 5.74) is 0.800. The Morgan fingerprint density at radius 2 is 2.10 bits per heavy atom. The zero-order valence-corrected chi connectivity index (χ0v) is 13.0. The third-order valence-electron chi connectivity index (χ3n) is 3.83. The normalized spacial score (nSPS) is 22.7. The van der Waals surface area contributed by atoms with Crippen molar-refractivity contribution in [3.05, 3.63) is 38.9 Å². The minimum absolute atomic E-state index is 0.139. The molecule has 0 bridgehead atoms. The lowest BCUT2D eigenvalue weighted by atomic mass is 9.95. The van der Waals surface area contributed by atoms with Gasteiger partial charge < -0.3 is 5.32 Å². The average Bonchev–Trinajstić information content (AvgIpc) is 2.45. The van der Waals surface area contributed by atoms with Crippen LogP contribution in [0.25, 0.3) is 0 Å². The average molecular weight is 315 g/mol. The van der Waals surface area contributed by atoms with Crippen molar-refractivity contribution < 1.29 is 4.92 Å². The Balaban J connectivity index is 1.94. The number of nitro groups is 1. The van der Waals surface area contributed by atoms with Gasteiger partial charge >= 0.3 is 0 Å². The van der Waals surface area contributed by atoms with Gasteiger partial charge in [-0.15, -0.1) is 0 Å². The van der Waals surface area contributed by atoms with E-state index in [1.54, 1.807) is 12.1 Å². The molecule has 2 rings (SSSR count). The molecule has 0 aromatic heterocycles. The maximum absolute atomic E-state index is 11.0.